The van der Waals surface area contributed by atoms with E-state index in [9.17, 15) is 9.59 Å². The zero-order valence-corrected chi connectivity index (χ0v) is 19.9. The van der Waals surface area contributed by atoms with Gasteiger partial charge >= 0.3 is 0 Å². The summed E-state index contributed by atoms with van der Waals surface area (Å²) in [7, 11) is 0. The van der Waals surface area contributed by atoms with Gasteiger partial charge in [0.05, 0.1) is 16.8 Å². The van der Waals surface area contributed by atoms with E-state index in [0.717, 1.165) is 66.8 Å². The number of thiophene rings is 1. The highest BCUT2D eigenvalue weighted by Crippen LogP contribution is 2.40. The molecule has 0 saturated heterocycles. The van der Waals surface area contributed by atoms with Crippen LogP contribution in [0, 0.1) is 5.92 Å². The molecule has 1 aliphatic heterocycles. The van der Waals surface area contributed by atoms with Crippen molar-refractivity contribution in [1.82, 2.24) is 14.8 Å². The van der Waals surface area contributed by atoms with Gasteiger partial charge in [-0.2, -0.15) is 0 Å². The Bertz CT molecular complexity index is 994. The van der Waals surface area contributed by atoms with Gasteiger partial charge in [-0.05, 0) is 69.9 Å². The summed E-state index contributed by atoms with van der Waals surface area (Å²) in [6.45, 7) is 7.01. The van der Waals surface area contributed by atoms with Crippen LogP contribution in [0.1, 0.15) is 87.5 Å². The highest BCUT2D eigenvalue weighted by molar-refractivity contribution is 7.19. The van der Waals surface area contributed by atoms with Crippen molar-refractivity contribution < 1.29 is 9.59 Å². The Labute approximate surface area is 189 Å². The third-order valence-electron chi connectivity index (χ3n) is 7.95. The van der Waals surface area contributed by atoms with Crippen molar-refractivity contribution in [2.45, 2.75) is 103 Å². The zero-order chi connectivity index (χ0) is 21.8. The molecule has 2 fully saturated rings. The van der Waals surface area contributed by atoms with Crippen LogP contribution in [-0.2, 0) is 17.8 Å². The molecule has 168 valence electrons. The van der Waals surface area contributed by atoms with Gasteiger partial charge in [-0.3, -0.25) is 9.59 Å². The molecule has 5 nitrogen and oxygen atoms in total. The van der Waals surface area contributed by atoms with Crippen molar-refractivity contribution in [1.29, 1.82) is 0 Å². The molecule has 3 aliphatic rings. The first-order chi connectivity index (χ1) is 14.9. The van der Waals surface area contributed by atoms with E-state index in [2.05, 4.69) is 35.9 Å². The maximum absolute atomic E-state index is 13.8. The number of carbonyl (C=O) groups is 2. The van der Waals surface area contributed by atoms with Crippen LogP contribution in [0.4, 0.5) is 0 Å². The fourth-order valence-corrected chi connectivity index (χ4v) is 7.05. The minimum Gasteiger partial charge on any atom is -0.351 e. The van der Waals surface area contributed by atoms with Crippen LogP contribution < -0.4 is 5.32 Å². The van der Waals surface area contributed by atoms with Gasteiger partial charge in [0.15, 0.2) is 0 Å². The number of aromatic nitrogens is 1. The van der Waals surface area contributed by atoms with E-state index >= 15 is 0 Å². The summed E-state index contributed by atoms with van der Waals surface area (Å²) in [5, 5.41) is 3.37. The molecule has 2 aliphatic carbocycles. The minimum absolute atomic E-state index is 0.0331. The number of hydrogen-bond acceptors (Lipinski definition) is 3. The maximum atomic E-state index is 13.8. The van der Waals surface area contributed by atoms with Gasteiger partial charge in [-0.15, -0.1) is 11.3 Å². The van der Waals surface area contributed by atoms with E-state index in [1.54, 1.807) is 11.3 Å². The van der Waals surface area contributed by atoms with Crippen LogP contribution in [0.5, 0.6) is 0 Å². The largest absolute Gasteiger partial charge is 0.351 e. The molecule has 2 aromatic rings. The van der Waals surface area contributed by atoms with Gasteiger partial charge in [0.1, 0.15) is 11.2 Å². The van der Waals surface area contributed by atoms with Crippen LogP contribution in [-0.4, -0.2) is 38.9 Å². The molecule has 1 unspecified atom stereocenters. The summed E-state index contributed by atoms with van der Waals surface area (Å²) < 4.78 is 3.29. The lowest BCUT2D eigenvalue weighted by Gasteiger charge is -2.47. The molecule has 2 amide bonds. The molecule has 3 heterocycles. The predicted octanol–water partition coefficient (Wildman–Crippen LogP) is 5.12. The highest BCUT2D eigenvalue weighted by atomic mass is 32.1. The lowest BCUT2D eigenvalue weighted by Crippen LogP contribution is -2.67. The van der Waals surface area contributed by atoms with Crippen molar-refractivity contribution in [2.24, 2.45) is 5.92 Å². The summed E-state index contributed by atoms with van der Waals surface area (Å²) in [5.74, 6) is 0.817. The van der Waals surface area contributed by atoms with Gasteiger partial charge in [0, 0.05) is 17.0 Å². The fourth-order valence-electron chi connectivity index (χ4n) is 6.00. The van der Waals surface area contributed by atoms with Crippen molar-refractivity contribution >= 4 is 33.4 Å². The summed E-state index contributed by atoms with van der Waals surface area (Å²) in [6.07, 6.45) is 9.72. The molecule has 0 radical (unpaired) electrons. The highest BCUT2D eigenvalue weighted by Gasteiger charge is 2.51. The van der Waals surface area contributed by atoms with Gasteiger partial charge in [0.2, 0.25) is 5.91 Å². The van der Waals surface area contributed by atoms with Crippen molar-refractivity contribution in [3.8, 4) is 0 Å². The van der Waals surface area contributed by atoms with Crippen LogP contribution in [0.25, 0.3) is 10.2 Å². The third kappa shape index (κ3) is 3.51. The maximum Gasteiger partial charge on any atom is 0.271 e. The first kappa shape index (κ1) is 21.0. The second kappa shape index (κ2) is 7.95. The predicted molar refractivity (Wildman–Crippen MR) is 126 cm³/mol. The Morgan fingerprint density at radius 2 is 1.87 bits per heavy atom. The molecule has 6 heteroatoms. The van der Waals surface area contributed by atoms with Crippen molar-refractivity contribution in [3.63, 3.8) is 0 Å². The molecule has 1 N–H and O–H groups in total. The Balaban J connectivity index is 1.51. The molecule has 31 heavy (non-hydrogen) atoms. The Kier molecular flexibility index (Phi) is 5.40. The average Bonchev–Trinajstić information content (AvgIpc) is 3.47. The molecule has 0 spiro atoms. The molecule has 2 aromatic heterocycles. The van der Waals surface area contributed by atoms with Crippen molar-refractivity contribution in [3.05, 3.63) is 22.7 Å². The number of fused-ring (bicyclic) bond motifs is 3. The van der Waals surface area contributed by atoms with Crippen LogP contribution in [0.2, 0.25) is 0 Å². The molecule has 0 bridgehead atoms. The molecule has 2 saturated carbocycles. The molecular weight excluding hydrogens is 406 g/mol. The first-order valence-electron chi connectivity index (χ1n) is 12.2. The lowest BCUT2D eigenvalue weighted by atomic mass is 9.86. The number of rotatable bonds is 4. The van der Waals surface area contributed by atoms with E-state index in [-0.39, 0.29) is 23.9 Å². The van der Waals surface area contributed by atoms with E-state index < -0.39 is 5.54 Å². The number of nitrogens with zero attached hydrogens (tertiary/aromatic N) is 2. The second-order valence-corrected chi connectivity index (χ2v) is 11.4. The quantitative estimate of drug-likeness (QED) is 0.716. The van der Waals surface area contributed by atoms with E-state index in [0.29, 0.717) is 6.54 Å². The van der Waals surface area contributed by atoms with Gasteiger partial charge < -0.3 is 14.8 Å². The lowest BCUT2D eigenvalue weighted by molar-refractivity contribution is -0.135. The van der Waals surface area contributed by atoms with E-state index in [1.807, 2.05) is 11.8 Å². The average molecular weight is 442 g/mol. The third-order valence-corrected chi connectivity index (χ3v) is 9.17. The SMILES string of the molecule is CCc1cc2c(cc3n2CC(C)(C(=O)NC2CCC(C)CC2)N(C2CCCC2)C3=O)s1. The summed E-state index contributed by atoms with van der Waals surface area (Å²) in [4.78, 5) is 30.9. The smallest absolute Gasteiger partial charge is 0.271 e. The van der Waals surface area contributed by atoms with Crippen molar-refractivity contribution in [2.75, 3.05) is 0 Å². The van der Waals surface area contributed by atoms with Crippen LogP contribution >= 0.6 is 11.3 Å². The minimum atomic E-state index is -0.845. The van der Waals surface area contributed by atoms with E-state index in [4.69, 9.17) is 0 Å². The van der Waals surface area contributed by atoms with E-state index in [1.165, 1.54) is 17.7 Å². The number of nitrogens with one attached hydrogen (secondary N) is 1. The van der Waals surface area contributed by atoms with Gasteiger partial charge in [-0.1, -0.05) is 26.7 Å². The second-order valence-electron chi connectivity index (χ2n) is 10.2. The standard InChI is InChI=1S/C25H35N3O2S/c1-4-19-13-20-22(31-19)14-21-23(29)28(18-7-5-6-8-18)25(3,15-27(20)21)24(30)26-17-11-9-16(2)10-12-17/h13-14,16-18H,4-12,15H2,1-3H3,(H,26,30). The molecule has 5 rings (SSSR count). The summed E-state index contributed by atoms with van der Waals surface area (Å²) >= 11 is 1.77. The molecular formula is C25H35N3O2S. The number of hydrogen-bond donors (Lipinski definition) is 1. The number of carbonyl (C=O) groups excluding carboxylic acids is 2. The summed E-state index contributed by atoms with van der Waals surface area (Å²) in [5.41, 5.74) is 1.02. The normalized spacial score (nSPS) is 29.5. The Morgan fingerprint density at radius 1 is 1.16 bits per heavy atom. The van der Waals surface area contributed by atoms with Gasteiger partial charge in [0.25, 0.3) is 5.91 Å². The molecule has 1 atom stereocenters. The Morgan fingerprint density at radius 3 is 2.55 bits per heavy atom. The summed E-state index contributed by atoms with van der Waals surface area (Å²) in [6, 6.07) is 4.68. The van der Waals surface area contributed by atoms with Crippen LogP contribution in [0.15, 0.2) is 12.1 Å². The topological polar surface area (TPSA) is 54.3 Å². The number of amides is 2. The number of aryl methyl sites for hydroxylation is 1. The zero-order valence-electron chi connectivity index (χ0n) is 19.1. The van der Waals surface area contributed by atoms with Gasteiger partial charge in [-0.25, -0.2) is 0 Å². The fraction of sp³-hybridized carbons (Fsp3) is 0.680. The monoisotopic (exact) mass is 441 g/mol. The first-order valence-corrected chi connectivity index (χ1v) is 13.0. The van der Waals surface area contributed by atoms with Crippen LogP contribution in [0.3, 0.4) is 0 Å². The molecule has 0 aromatic carbocycles. The Hall–Kier alpha value is -1.82.